The van der Waals surface area contributed by atoms with Gasteiger partial charge in [-0.3, -0.25) is 0 Å². The van der Waals surface area contributed by atoms with Crippen LogP contribution in [0, 0.1) is 11.6 Å². The van der Waals surface area contributed by atoms with E-state index in [0.29, 0.717) is 11.6 Å². The second kappa shape index (κ2) is 2.98. The third-order valence-corrected chi connectivity index (χ3v) is 1.84. The van der Waals surface area contributed by atoms with Crippen LogP contribution in [0.4, 0.5) is 8.78 Å². The standard InChI is InChI=1S/C10H12F2O/c1-10(2,3)6-4-9(13)8(12)5-7(6)11/h4-5,13H,1-3H3. The van der Waals surface area contributed by atoms with E-state index in [9.17, 15) is 8.78 Å². The fourth-order valence-corrected chi connectivity index (χ4v) is 1.11. The highest BCUT2D eigenvalue weighted by Gasteiger charge is 2.20. The molecule has 0 bridgehead atoms. The van der Waals surface area contributed by atoms with Crippen molar-refractivity contribution < 1.29 is 13.9 Å². The van der Waals surface area contributed by atoms with Crippen LogP contribution in [0.2, 0.25) is 0 Å². The average Bonchev–Trinajstić information content (AvgIpc) is 1.94. The van der Waals surface area contributed by atoms with E-state index in [-0.39, 0.29) is 0 Å². The lowest BCUT2D eigenvalue weighted by atomic mass is 9.86. The van der Waals surface area contributed by atoms with Gasteiger partial charge in [-0.2, -0.15) is 0 Å². The molecule has 0 amide bonds. The third kappa shape index (κ3) is 1.97. The Hall–Kier alpha value is -1.12. The maximum absolute atomic E-state index is 13.2. The van der Waals surface area contributed by atoms with E-state index in [1.54, 1.807) is 20.8 Å². The summed E-state index contributed by atoms with van der Waals surface area (Å²) in [6.07, 6.45) is 0. The molecular formula is C10H12F2O. The zero-order valence-corrected chi connectivity index (χ0v) is 7.86. The summed E-state index contributed by atoms with van der Waals surface area (Å²) in [4.78, 5) is 0. The molecule has 1 nitrogen and oxygen atoms in total. The Labute approximate surface area is 76.0 Å². The summed E-state index contributed by atoms with van der Waals surface area (Å²) in [5, 5.41) is 9.05. The number of hydrogen-bond donors (Lipinski definition) is 1. The van der Waals surface area contributed by atoms with Crippen LogP contribution in [0.5, 0.6) is 5.75 Å². The molecule has 0 saturated heterocycles. The van der Waals surface area contributed by atoms with Crippen molar-refractivity contribution in [2.45, 2.75) is 26.2 Å². The summed E-state index contributed by atoms with van der Waals surface area (Å²) < 4.78 is 25.8. The van der Waals surface area contributed by atoms with Crippen LogP contribution in [-0.2, 0) is 5.41 Å². The third-order valence-electron chi connectivity index (χ3n) is 1.84. The minimum Gasteiger partial charge on any atom is -0.505 e. The Kier molecular flexibility index (Phi) is 2.28. The van der Waals surface area contributed by atoms with Gasteiger partial charge in [-0.1, -0.05) is 20.8 Å². The number of halogens is 2. The summed E-state index contributed by atoms with van der Waals surface area (Å²) in [6, 6.07) is 1.83. The molecule has 1 aromatic carbocycles. The summed E-state index contributed by atoms with van der Waals surface area (Å²) in [5.74, 6) is -2.06. The number of benzene rings is 1. The van der Waals surface area contributed by atoms with Gasteiger partial charge < -0.3 is 5.11 Å². The molecule has 72 valence electrons. The SMILES string of the molecule is CC(C)(C)c1cc(O)c(F)cc1F. The first-order valence-electron chi connectivity index (χ1n) is 4.01. The molecule has 1 aromatic rings. The molecule has 0 unspecified atom stereocenters. The number of hydrogen-bond acceptors (Lipinski definition) is 1. The van der Waals surface area contributed by atoms with Gasteiger partial charge in [-0.05, 0) is 17.0 Å². The fraction of sp³-hybridized carbons (Fsp3) is 0.400. The second-order valence-electron chi connectivity index (χ2n) is 4.03. The highest BCUT2D eigenvalue weighted by atomic mass is 19.1. The molecular weight excluding hydrogens is 174 g/mol. The minimum absolute atomic E-state index is 0.311. The summed E-state index contributed by atoms with van der Waals surface area (Å²) in [5.41, 5.74) is -0.124. The largest absolute Gasteiger partial charge is 0.505 e. The molecule has 0 atom stereocenters. The molecule has 0 radical (unpaired) electrons. The topological polar surface area (TPSA) is 20.2 Å². The van der Waals surface area contributed by atoms with Gasteiger partial charge in [0, 0.05) is 6.07 Å². The van der Waals surface area contributed by atoms with E-state index < -0.39 is 22.8 Å². The van der Waals surface area contributed by atoms with Gasteiger partial charge in [-0.15, -0.1) is 0 Å². The Morgan fingerprint density at radius 3 is 2.08 bits per heavy atom. The monoisotopic (exact) mass is 186 g/mol. The molecule has 1 N–H and O–H groups in total. The Morgan fingerprint density at radius 1 is 1.08 bits per heavy atom. The molecule has 1 rings (SSSR count). The quantitative estimate of drug-likeness (QED) is 0.660. The first-order valence-corrected chi connectivity index (χ1v) is 4.01. The average molecular weight is 186 g/mol. The maximum atomic E-state index is 13.2. The lowest BCUT2D eigenvalue weighted by Gasteiger charge is -2.19. The van der Waals surface area contributed by atoms with Gasteiger partial charge in [0.1, 0.15) is 5.82 Å². The van der Waals surface area contributed by atoms with Crippen LogP contribution in [0.25, 0.3) is 0 Å². The normalized spacial score (nSPS) is 11.8. The van der Waals surface area contributed by atoms with Crippen LogP contribution in [-0.4, -0.2) is 5.11 Å². The van der Waals surface area contributed by atoms with Crippen molar-refractivity contribution in [2.24, 2.45) is 0 Å². The summed E-state index contributed by atoms with van der Waals surface area (Å²) >= 11 is 0. The van der Waals surface area contributed by atoms with Gasteiger partial charge in [-0.25, -0.2) is 8.78 Å². The molecule has 0 heterocycles. The smallest absolute Gasteiger partial charge is 0.167 e. The summed E-state index contributed by atoms with van der Waals surface area (Å²) in [7, 11) is 0. The molecule has 0 aliphatic carbocycles. The van der Waals surface area contributed by atoms with Crippen LogP contribution in [0.3, 0.4) is 0 Å². The highest BCUT2D eigenvalue weighted by molar-refractivity contribution is 5.34. The van der Waals surface area contributed by atoms with E-state index in [1.165, 1.54) is 0 Å². The Balaban J connectivity index is 3.32. The fourth-order valence-electron chi connectivity index (χ4n) is 1.11. The first-order chi connectivity index (χ1) is 5.82. The van der Waals surface area contributed by atoms with Crippen molar-refractivity contribution in [3.63, 3.8) is 0 Å². The summed E-state index contributed by atoms with van der Waals surface area (Å²) in [6.45, 7) is 5.38. The van der Waals surface area contributed by atoms with Gasteiger partial charge in [0.25, 0.3) is 0 Å². The molecule has 0 aliphatic rings. The van der Waals surface area contributed by atoms with Crippen LogP contribution >= 0.6 is 0 Å². The van der Waals surface area contributed by atoms with Gasteiger partial charge in [0.05, 0.1) is 0 Å². The number of rotatable bonds is 0. The van der Waals surface area contributed by atoms with E-state index in [2.05, 4.69) is 0 Å². The van der Waals surface area contributed by atoms with E-state index >= 15 is 0 Å². The van der Waals surface area contributed by atoms with Gasteiger partial charge >= 0.3 is 0 Å². The lowest BCUT2D eigenvalue weighted by molar-refractivity contribution is 0.419. The predicted molar refractivity (Wildman–Crippen MR) is 46.7 cm³/mol. The molecule has 0 saturated carbocycles. The molecule has 0 aromatic heterocycles. The van der Waals surface area contributed by atoms with Crippen LogP contribution in [0.15, 0.2) is 12.1 Å². The van der Waals surface area contributed by atoms with Crippen molar-refractivity contribution in [1.82, 2.24) is 0 Å². The Morgan fingerprint density at radius 2 is 1.62 bits per heavy atom. The zero-order chi connectivity index (χ0) is 10.2. The maximum Gasteiger partial charge on any atom is 0.167 e. The van der Waals surface area contributed by atoms with E-state index in [1.807, 2.05) is 0 Å². The van der Waals surface area contributed by atoms with E-state index in [0.717, 1.165) is 6.07 Å². The molecule has 0 fully saturated rings. The number of phenols is 1. The number of aromatic hydroxyl groups is 1. The van der Waals surface area contributed by atoms with Crippen molar-refractivity contribution in [3.8, 4) is 5.75 Å². The molecule has 3 heteroatoms. The van der Waals surface area contributed by atoms with Gasteiger partial charge in [0.2, 0.25) is 0 Å². The number of phenolic OH excluding ortho intramolecular Hbond substituents is 1. The van der Waals surface area contributed by atoms with Crippen LogP contribution < -0.4 is 0 Å². The highest BCUT2D eigenvalue weighted by Crippen LogP contribution is 2.29. The van der Waals surface area contributed by atoms with E-state index in [4.69, 9.17) is 5.11 Å². The minimum atomic E-state index is -0.925. The first kappa shape index (κ1) is 9.96. The van der Waals surface area contributed by atoms with Gasteiger partial charge in [0.15, 0.2) is 11.6 Å². The Bertz CT molecular complexity index is 326. The zero-order valence-electron chi connectivity index (χ0n) is 7.86. The van der Waals surface area contributed by atoms with Crippen LogP contribution in [0.1, 0.15) is 26.3 Å². The molecule has 0 spiro atoms. The predicted octanol–water partition coefficient (Wildman–Crippen LogP) is 2.97. The van der Waals surface area contributed by atoms with Crippen molar-refractivity contribution in [2.75, 3.05) is 0 Å². The van der Waals surface area contributed by atoms with Crippen molar-refractivity contribution >= 4 is 0 Å². The molecule has 0 aliphatic heterocycles. The lowest BCUT2D eigenvalue weighted by Crippen LogP contribution is -2.13. The molecule has 13 heavy (non-hydrogen) atoms. The van der Waals surface area contributed by atoms with Crippen molar-refractivity contribution in [1.29, 1.82) is 0 Å². The second-order valence-corrected chi connectivity index (χ2v) is 4.03. The van der Waals surface area contributed by atoms with Crippen molar-refractivity contribution in [3.05, 3.63) is 29.3 Å².